The van der Waals surface area contributed by atoms with Crippen LogP contribution in [0.1, 0.15) is 32.8 Å². The summed E-state index contributed by atoms with van der Waals surface area (Å²) < 4.78 is 1.22. The molecule has 0 amide bonds. The molecule has 114 valence electrons. The van der Waals surface area contributed by atoms with E-state index in [0.29, 0.717) is 0 Å². The maximum atomic E-state index is 3.70. The normalized spacial score (nSPS) is 11.2. The number of nitrogens with zero attached hydrogens (tertiary/aromatic N) is 1. The SMILES string of the molecule is CCCNCc1ccc(SCCN(CC)CC)c(Br)c1. The Morgan fingerprint density at radius 1 is 1.20 bits per heavy atom. The third kappa shape index (κ3) is 6.61. The van der Waals surface area contributed by atoms with Crippen molar-refractivity contribution in [3.63, 3.8) is 0 Å². The zero-order valence-corrected chi connectivity index (χ0v) is 15.3. The molecule has 4 heteroatoms. The summed E-state index contributed by atoms with van der Waals surface area (Å²) in [6, 6.07) is 6.70. The molecule has 2 nitrogen and oxygen atoms in total. The van der Waals surface area contributed by atoms with Gasteiger partial charge < -0.3 is 10.2 Å². The fourth-order valence-corrected chi connectivity index (χ4v) is 3.71. The molecule has 0 aliphatic rings. The van der Waals surface area contributed by atoms with Gasteiger partial charge in [-0.05, 0) is 59.7 Å². The summed E-state index contributed by atoms with van der Waals surface area (Å²) in [4.78, 5) is 3.81. The minimum atomic E-state index is 0.955. The molecule has 0 atom stereocenters. The largest absolute Gasteiger partial charge is 0.313 e. The van der Waals surface area contributed by atoms with Crippen molar-refractivity contribution in [2.75, 3.05) is 31.9 Å². The average Bonchev–Trinajstić information content (AvgIpc) is 2.46. The van der Waals surface area contributed by atoms with Gasteiger partial charge in [0.1, 0.15) is 0 Å². The van der Waals surface area contributed by atoms with Gasteiger partial charge in [-0.25, -0.2) is 0 Å². The molecule has 0 spiro atoms. The second kappa shape index (κ2) is 10.7. The van der Waals surface area contributed by atoms with Crippen molar-refractivity contribution in [2.24, 2.45) is 0 Å². The number of thioether (sulfide) groups is 1. The van der Waals surface area contributed by atoms with Crippen LogP contribution >= 0.6 is 27.7 Å². The molecule has 1 N–H and O–H groups in total. The van der Waals surface area contributed by atoms with Crippen LogP contribution in [0.5, 0.6) is 0 Å². The summed E-state index contributed by atoms with van der Waals surface area (Å²) in [6.45, 7) is 12.1. The molecular weight excluding hydrogens is 332 g/mol. The van der Waals surface area contributed by atoms with Gasteiger partial charge in [-0.15, -0.1) is 11.8 Å². The third-order valence-corrected chi connectivity index (χ3v) is 5.28. The van der Waals surface area contributed by atoms with Crippen molar-refractivity contribution in [1.82, 2.24) is 10.2 Å². The van der Waals surface area contributed by atoms with Crippen LogP contribution in [0.4, 0.5) is 0 Å². The number of nitrogens with one attached hydrogen (secondary N) is 1. The molecule has 0 aliphatic heterocycles. The zero-order chi connectivity index (χ0) is 14.8. The smallest absolute Gasteiger partial charge is 0.0314 e. The zero-order valence-electron chi connectivity index (χ0n) is 12.9. The number of benzene rings is 1. The first-order chi connectivity index (χ1) is 9.71. The molecule has 1 aromatic carbocycles. The highest BCUT2D eigenvalue weighted by molar-refractivity contribution is 9.10. The fraction of sp³-hybridized carbons (Fsp3) is 0.625. The minimum absolute atomic E-state index is 0.955. The standard InChI is InChI=1S/C16H27BrN2S/c1-4-9-18-13-14-7-8-16(15(17)12-14)20-11-10-19(5-2)6-3/h7-8,12,18H,4-6,9-11,13H2,1-3H3. The Balaban J connectivity index is 2.43. The monoisotopic (exact) mass is 358 g/mol. The summed E-state index contributed by atoms with van der Waals surface area (Å²) in [7, 11) is 0. The Bertz CT molecular complexity index is 381. The quantitative estimate of drug-likeness (QED) is 0.493. The minimum Gasteiger partial charge on any atom is -0.313 e. The second-order valence-corrected chi connectivity index (χ2v) is 6.81. The molecule has 0 heterocycles. The Morgan fingerprint density at radius 3 is 2.55 bits per heavy atom. The van der Waals surface area contributed by atoms with E-state index in [-0.39, 0.29) is 0 Å². The predicted octanol–water partition coefficient (Wildman–Crippen LogP) is 4.38. The number of halogens is 1. The predicted molar refractivity (Wildman–Crippen MR) is 94.7 cm³/mol. The van der Waals surface area contributed by atoms with Crippen LogP contribution in [0.3, 0.4) is 0 Å². The van der Waals surface area contributed by atoms with Crippen LogP contribution in [-0.4, -0.2) is 36.8 Å². The van der Waals surface area contributed by atoms with Gasteiger partial charge in [0.2, 0.25) is 0 Å². The number of hydrogen-bond acceptors (Lipinski definition) is 3. The van der Waals surface area contributed by atoms with Gasteiger partial charge in [0.15, 0.2) is 0 Å². The van der Waals surface area contributed by atoms with Crippen LogP contribution < -0.4 is 5.32 Å². The molecule has 0 unspecified atom stereocenters. The molecule has 0 saturated heterocycles. The lowest BCUT2D eigenvalue weighted by molar-refractivity contribution is 0.324. The summed E-state index contributed by atoms with van der Waals surface area (Å²) in [6.07, 6.45) is 1.18. The van der Waals surface area contributed by atoms with Gasteiger partial charge in [0.05, 0.1) is 0 Å². The summed E-state index contributed by atoms with van der Waals surface area (Å²) in [5, 5.41) is 3.44. The van der Waals surface area contributed by atoms with E-state index >= 15 is 0 Å². The molecule has 0 fully saturated rings. The lowest BCUT2D eigenvalue weighted by Crippen LogP contribution is -2.25. The van der Waals surface area contributed by atoms with E-state index in [1.807, 2.05) is 11.8 Å². The van der Waals surface area contributed by atoms with Gasteiger partial charge in [-0.3, -0.25) is 0 Å². The van der Waals surface area contributed by atoms with E-state index in [2.05, 4.69) is 65.1 Å². The highest BCUT2D eigenvalue weighted by atomic mass is 79.9. The molecule has 20 heavy (non-hydrogen) atoms. The molecule has 1 rings (SSSR count). The van der Waals surface area contributed by atoms with Crippen LogP contribution in [0.2, 0.25) is 0 Å². The maximum absolute atomic E-state index is 3.70. The van der Waals surface area contributed by atoms with E-state index in [1.54, 1.807) is 0 Å². The third-order valence-electron chi connectivity index (χ3n) is 3.31. The fourth-order valence-electron chi connectivity index (χ4n) is 2.01. The molecule has 0 saturated carbocycles. The molecular formula is C16H27BrN2S. The Kier molecular flexibility index (Phi) is 9.61. The van der Waals surface area contributed by atoms with E-state index < -0.39 is 0 Å². The van der Waals surface area contributed by atoms with Gasteiger partial charge in [-0.1, -0.05) is 26.8 Å². The maximum Gasteiger partial charge on any atom is 0.0314 e. The first-order valence-corrected chi connectivity index (χ1v) is 9.33. The first kappa shape index (κ1) is 18.0. The van der Waals surface area contributed by atoms with Gasteiger partial charge >= 0.3 is 0 Å². The highest BCUT2D eigenvalue weighted by Gasteiger charge is 2.04. The first-order valence-electron chi connectivity index (χ1n) is 7.55. The lowest BCUT2D eigenvalue weighted by Gasteiger charge is -2.17. The van der Waals surface area contributed by atoms with Crippen LogP contribution in [-0.2, 0) is 6.54 Å². The van der Waals surface area contributed by atoms with E-state index in [4.69, 9.17) is 0 Å². The van der Waals surface area contributed by atoms with Crippen molar-refractivity contribution in [3.05, 3.63) is 28.2 Å². The Morgan fingerprint density at radius 2 is 1.95 bits per heavy atom. The Hall–Kier alpha value is -0.0300. The van der Waals surface area contributed by atoms with Gasteiger partial charge in [0, 0.05) is 28.2 Å². The average molecular weight is 359 g/mol. The van der Waals surface area contributed by atoms with E-state index in [1.165, 1.54) is 21.4 Å². The lowest BCUT2D eigenvalue weighted by atomic mass is 10.2. The molecule has 0 radical (unpaired) electrons. The van der Waals surface area contributed by atoms with E-state index in [9.17, 15) is 0 Å². The Labute approximate surface area is 136 Å². The van der Waals surface area contributed by atoms with Crippen LogP contribution in [0.15, 0.2) is 27.6 Å². The summed E-state index contributed by atoms with van der Waals surface area (Å²) >= 11 is 5.63. The summed E-state index contributed by atoms with van der Waals surface area (Å²) in [5.41, 5.74) is 1.35. The second-order valence-electron chi connectivity index (χ2n) is 4.82. The van der Waals surface area contributed by atoms with Crippen LogP contribution in [0, 0.1) is 0 Å². The number of hydrogen-bond donors (Lipinski definition) is 1. The van der Waals surface area contributed by atoms with E-state index in [0.717, 1.165) is 38.5 Å². The van der Waals surface area contributed by atoms with Crippen LogP contribution in [0.25, 0.3) is 0 Å². The molecule has 0 bridgehead atoms. The van der Waals surface area contributed by atoms with Crippen molar-refractivity contribution >= 4 is 27.7 Å². The van der Waals surface area contributed by atoms with Crippen molar-refractivity contribution in [1.29, 1.82) is 0 Å². The van der Waals surface area contributed by atoms with Gasteiger partial charge in [0.25, 0.3) is 0 Å². The molecule has 0 aromatic heterocycles. The van der Waals surface area contributed by atoms with Crippen molar-refractivity contribution in [2.45, 2.75) is 38.6 Å². The van der Waals surface area contributed by atoms with Gasteiger partial charge in [-0.2, -0.15) is 0 Å². The highest BCUT2D eigenvalue weighted by Crippen LogP contribution is 2.28. The van der Waals surface area contributed by atoms with Crippen molar-refractivity contribution in [3.8, 4) is 0 Å². The van der Waals surface area contributed by atoms with Crippen molar-refractivity contribution < 1.29 is 0 Å². The topological polar surface area (TPSA) is 15.3 Å². The molecule has 1 aromatic rings. The number of rotatable bonds is 10. The molecule has 0 aliphatic carbocycles. The summed E-state index contributed by atoms with van der Waals surface area (Å²) in [5.74, 6) is 1.15.